The van der Waals surface area contributed by atoms with Crippen molar-refractivity contribution in [2.24, 2.45) is 0 Å². The summed E-state index contributed by atoms with van der Waals surface area (Å²) in [6.07, 6.45) is -2.79. The van der Waals surface area contributed by atoms with E-state index in [1.54, 1.807) is 12.1 Å². The summed E-state index contributed by atoms with van der Waals surface area (Å²) in [6, 6.07) is 14.8. The third kappa shape index (κ3) is 5.25. The number of nitrogens with one attached hydrogen (secondary N) is 2. The van der Waals surface area contributed by atoms with Crippen LogP contribution in [0.3, 0.4) is 0 Å². The summed E-state index contributed by atoms with van der Waals surface area (Å²) in [5, 5.41) is 5.73. The molecule has 29 heavy (non-hydrogen) atoms. The van der Waals surface area contributed by atoms with E-state index in [9.17, 15) is 13.2 Å². The first-order valence-corrected chi connectivity index (χ1v) is 9.41. The highest BCUT2D eigenvalue weighted by Gasteiger charge is 2.35. The molecule has 1 unspecified atom stereocenters. The van der Waals surface area contributed by atoms with E-state index in [-0.39, 0.29) is 11.8 Å². The summed E-state index contributed by atoms with van der Waals surface area (Å²) < 4.78 is 40.3. The van der Waals surface area contributed by atoms with Crippen LogP contribution in [-0.4, -0.2) is 9.97 Å². The van der Waals surface area contributed by atoms with Crippen LogP contribution in [0.4, 0.5) is 36.3 Å². The monoisotopic (exact) mass is 400 g/mol. The zero-order valence-corrected chi connectivity index (χ0v) is 16.5. The van der Waals surface area contributed by atoms with Gasteiger partial charge in [0, 0.05) is 17.6 Å². The van der Waals surface area contributed by atoms with Gasteiger partial charge < -0.3 is 10.6 Å². The molecule has 4 nitrogen and oxygen atoms in total. The average Bonchev–Trinajstić information content (AvgIpc) is 2.69. The second-order valence-corrected chi connectivity index (χ2v) is 7.00. The van der Waals surface area contributed by atoms with E-state index in [1.807, 2.05) is 43.3 Å². The number of aryl methyl sites for hydroxylation is 1. The molecular formula is C22H23F3N4. The number of benzene rings is 2. The Hall–Kier alpha value is -3.09. The highest BCUT2D eigenvalue weighted by Crippen LogP contribution is 2.35. The lowest BCUT2D eigenvalue weighted by atomic mass is 9.99. The number of aromatic nitrogens is 2. The summed E-state index contributed by atoms with van der Waals surface area (Å²) in [4.78, 5) is 7.90. The highest BCUT2D eigenvalue weighted by atomic mass is 19.4. The summed E-state index contributed by atoms with van der Waals surface area (Å²) in [5.74, 6) is 0.179. The Balaban J connectivity index is 1.89. The first-order chi connectivity index (χ1) is 13.8. The van der Waals surface area contributed by atoms with Crippen LogP contribution in [0.1, 0.15) is 42.9 Å². The van der Waals surface area contributed by atoms with E-state index in [2.05, 4.69) is 34.4 Å². The van der Waals surface area contributed by atoms with Gasteiger partial charge in [-0.2, -0.15) is 18.2 Å². The molecule has 0 bridgehead atoms. The number of hydrogen-bond acceptors (Lipinski definition) is 4. The van der Waals surface area contributed by atoms with E-state index >= 15 is 0 Å². The molecule has 0 aliphatic rings. The molecule has 2 aromatic carbocycles. The zero-order valence-electron chi connectivity index (χ0n) is 16.5. The Kier molecular flexibility index (Phi) is 6.06. The third-order valence-corrected chi connectivity index (χ3v) is 4.76. The van der Waals surface area contributed by atoms with Crippen LogP contribution >= 0.6 is 0 Å². The molecule has 0 radical (unpaired) electrons. The Bertz CT molecular complexity index is 951. The molecule has 3 aromatic rings. The van der Waals surface area contributed by atoms with Gasteiger partial charge in [0.25, 0.3) is 0 Å². The number of halogens is 3. The number of anilines is 4. The summed E-state index contributed by atoms with van der Waals surface area (Å²) in [7, 11) is 0. The molecule has 0 fully saturated rings. The lowest BCUT2D eigenvalue weighted by Crippen LogP contribution is -2.12. The molecule has 1 atom stereocenters. The number of nitrogens with zero attached hydrogens (tertiary/aromatic N) is 2. The molecule has 0 aliphatic heterocycles. The molecule has 0 spiro atoms. The molecule has 152 valence electrons. The summed E-state index contributed by atoms with van der Waals surface area (Å²) in [5.41, 5.74) is 2.52. The van der Waals surface area contributed by atoms with Gasteiger partial charge in [-0.05, 0) is 49.1 Å². The van der Waals surface area contributed by atoms with Crippen LogP contribution in [-0.2, 0) is 6.18 Å². The zero-order chi connectivity index (χ0) is 21.0. The normalized spacial score (nSPS) is 12.5. The molecule has 0 saturated heterocycles. The van der Waals surface area contributed by atoms with E-state index in [1.165, 1.54) is 0 Å². The molecule has 1 heterocycles. The third-order valence-electron chi connectivity index (χ3n) is 4.76. The molecule has 7 heteroatoms. The van der Waals surface area contributed by atoms with Crippen molar-refractivity contribution >= 4 is 23.1 Å². The molecule has 1 aromatic heterocycles. The maximum absolute atomic E-state index is 13.4. The Morgan fingerprint density at radius 1 is 0.931 bits per heavy atom. The smallest absolute Gasteiger partial charge is 0.340 e. The fourth-order valence-electron chi connectivity index (χ4n) is 2.78. The van der Waals surface area contributed by atoms with Gasteiger partial charge in [-0.15, -0.1) is 0 Å². The summed E-state index contributed by atoms with van der Waals surface area (Å²) in [6.45, 7) is 6.15. The van der Waals surface area contributed by atoms with Crippen molar-refractivity contribution in [3.05, 3.63) is 71.4 Å². The van der Waals surface area contributed by atoms with E-state index in [4.69, 9.17) is 0 Å². The molecular weight excluding hydrogens is 377 g/mol. The van der Waals surface area contributed by atoms with Crippen molar-refractivity contribution in [2.75, 3.05) is 10.6 Å². The van der Waals surface area contributed by atoms with Crippen LogP contribution in [0.15, 0.2) is 54.7 Å². The van der Waals surface area contributed by atoms with Crippen LogP contribution in [0.2, 0.25) is 0 Å². The van der Waals surface area contributed by atoms with Crippen LogP contribution in [0.25, 0.3) is 0 Å². The minimum absolute atomic E-state index is 0.0839. The number of rotatable bonds is 6. The van der Waals surface area contributed by atoms with Gasteiger partial charge in [0.05, 0.1) is 0 Å². The van der Waals surface area contributed by atoms with Crippen molar-refractivity contribution in [1.82, 2.24) is 9.97 Å². The average molecular weight is 400 g/mol. The number of alkyl halides is 3. The number of hydrogen-bond donors (Lipinski definition) is 2. The Labute approximate surface area is 168 Å². The van der Waals surface area contributed by atoms with Crippen LogP contribution in [0.5, 0.6) is 0 Å². The predicted molar refractivity (Wildman–Crippen MR) is 110 cm³/mol. The Morgan fingerprint density at radius 3 is 2.10 bits per heavy atom. The molecule has 0 saturated carbocycles. The maximum atomic E-state index is 13.4. The van der Waals surface area contributed by atoms with Gasteiger partial charge in [0.2, 0.25) is 5.95 Å². The lowest BCUT2D eigenvalue weighted by Gasteiger charge is -2.16. The van der Waals surface area contributed by atoms with E-state index in [0.29, 0.717) is 17.3 Å². The van der Waals surface area contributed by atoms with Crippen molar-refractivity contribution in [3.8, 4) is 0 Å². The van der Waals surface area contributed by atoms with Gasteiger partial charge in [-0.3, -0.25) is 0 Å². The second-order valence-electron chi connectivity index (χ2n) is 7.00. The van der Waals surface area contributed by atoms with Gasteiger partial charge >= 0.3 is 6.18 Å². The van der Waals surface area contributed by atoms with Gasteiger partial charge in [0.15, 0.2) is 0 Å². The first-order valence-electron chi connectivity index (χ1n) is 9.41. The van der Waals surface area contributed by atoms with Crippen molar-refractivity contribution < 1.29 is 13.2 Å². The summed E-state index contributed by atoms with van der Waals surface area (Å²) >= 11 is 0. The maximum Gasteiger partial charge on any atom is 0.421 e. The topological polar surface area (TPSA) is 49.8 Å². The van der Waals surface area contributed by atoms with Crippen molar-refractivity contribution in [1.29, 1.82) is 0 Å². The van der Waals surface area contributed by atoms with Gasteiger partial charge in [0.1, 0.15) is 11.4 Å². The van der Waals surface area contributed by atoms with Gasteiger partial charge in [-0.1, -0.05) is 43.7 Å². The highest BCUT2D eigenvalue weighted by molar-refractivity contribution is 5.63. The van der Waals surface area contributed by atoms with Crippen LogP contribution in [0, 0.1) is 6.92 Å². The van der Waals surface area contributed by atoms with Gasteiger partial charge in [-0.25, -0.2) is 4.98 Å². The molecule has 0 amide bonds. The minimum Gasteiger partial charge on any atom is -0.340 e. The quantitative estimate of drug-likeness (QED) is 0.477. The lowest BCUT2D eigenvalue weighted by molar-refractivity contribution is -0.137. The fraction of sp³-hybridized carbons (Fsp3) is 0.273. The largest absolute Gasteiger partial charge is 0.421 e. The fourth-order valence-corrected chi connectivity index (χ4v) is 2.78. The van der Waals surface area contributed by atoms with E-state index in [0.717, 1.165) is 23.7 Å². The predicted octanol–water partition coefficient (Wildman–Crippen LogP) is 6.80. The van der Waals surface area contributed by atoms with Crippen molar-refractivity contribution in [2.45, 2.75) is 39.3 Å². The SMILES string of the molecule is CCC(C)c1ccc(Nc2nc(Nc3ccc(C)cc3)ncc2C(F)(F)F)cc1. The molecule has 2 N–H and O–H groups in total. The second kappa shape index (κ2) is 8.51. The standard InChI is InChI=1S/C22H23F3N4/c1-4-15(3)16-7-11-17(12-8-16)27-20-19(22(23,24)25)13-26-21(29-20)28-18-9-5-14(2)6-10-18/h5-13,15H,4H2,1-3H3,(H2,26,27,28,29). The van der Waals surface area contributed by atoms with E-state index < -0.39 is 11.7 Å². The van der Waals surface area contributed by atoms with Crippen LogP contribution < -0.4 is 10.6 Å². The molecule has 0 aliphatic carbocycles. The molecule has 3 rings (SSSR count). The Morgan fingerprint density at radius 2 is 1.52 bits per heavy atom. The van der Waals surface area contributed by atoms with Crippen molar-refractivity contribution in [3.63, 3.8) is 0 Å². The first kappa shape index (κ1) is 20.6. The minimum atomic E-state index is -4.57.